The van der Waals surface area contributed by atoms with Crippen LogP contribution in [0.15, 0.2) is 97.3 Å². The van der Waals surface area contributed by atoms with E-state index in [-0.39, 0.29) is 11.7 Å². The van der Waals surface area contributed by atoms with Crippen molar-refractivity contribution in [2.24, 2.45) is 0 Å². The summed E-state index contributed by atoms with van der Waals surface area (Å²) in [6.07, 6.45) is 9.42. The lowest BCUT2D eigenvalue weighted by atomic mass is 10.1. The molecule has 1 amide bonds. The fraction of sp³-hybridized carbons (Fsp3) is 0.138. The monoisotopic (exact) mass is 465 g/mol. The van der Waals surface area contributed by atoms with E-state index in [1.165, 1.54) is 11.6 Å². The zero-order valence-electron chi connectivity index (χ0n) is 19.3. The number of aromatic nitrogens is 2. The van der Waals surface area contributed by atoms with Crippen molar-refractivity contribution in [3.8, 4) is 5.75 Å². The second-order valence-corrected chi connectivity index (χ2v) is 8.02. The molecule has 0 spiro atoms. The number of rotatable bonds is 11. The first kappa shape index (κ1) is 23.7. The molecule has 176 valence electrons. The number of ether oxygens (including phenoxy) is 1. The quantitative estimate of drug-likeness (QED) is 0.163. The van der Waals surface area contributed by atoms with E-state index in [1.54, 1.807) is 67.0 Å². The number of anilines is 1. The number of amides is 1. The number of ketones is 1. The molecule has 2 N–H and O–H groups in total. The smallest absolute Gasteiger partial charge is 0.255 e. The highest BCUT2D eigenvalue weighted by atomic mass is 16.5. The van der Waals surface area contributed by atoms with Crippen LogP contribution in [0.25, 0.3) is 6.08 Å². The van der Waals surface area contributed by atoms with Crippen LogP contribution in [0.3, 0.4) is 0 Å². The van der Waals surface area contributed by atoms with Crippen LogP contribution in [0.2, 0.25) is 0 Å². The van der Waals surface area contributed by atoms with Crippen molar-refractivity contribution in [1.82, 2.24) is 9.97 Å². The Hall–Kier alpha value is -4.45. The summed E-state index contributed by atoms with van der Waals surface area (Å²) in [7, 11) is 0. The number of allylic oxidation sites excluding steroid dienone is 1. The van der Waals surface area contributed by atoms with Crippen molar-refractivity contribution in [1.29, 1.82) is 0 Å². The number of unbranched alkanes of at least 4 members (excludes halogenated alkanes) is 1. The van der Waals surface area contributed by atoms with E-state index >= 15 is 0 Å². The third-order valence-electron chi connectivity index (χ3n) is 5.40. The van der Waals surface area contributed by atoms with Gasteiger partial charge in [-0.15, -0.1) is 0 Å². The summed E-state index contributed by atoms with van der Waals surface area (Å²) in [4.78, 5) is 32.1. The average Bonchev–Trinajstić information content (AvgIpc) is 3.42. The van der Waals surface area contributed by atoms with Crippen molar-refractivity contribution in [3.05, 3.63) is 120 Å². The third-order valence-corrected chi connectivity index (χ3v) is 5.40. The molecule has 6 heteroatoms. The third kappa shape index (κ3) is 7.27. The molecule has 0 aliphatic rings. The van der Waals surface area contributed by atoms with Gasteiger partial charge in [0.25, 0.3) is 5.91 Å². The average molecular weight is 466 g/mol. The second kappa shape index (κ2) is 12.1. The number of benzene rings is 3. The lowest BCUT2D eigenvalue weighted by molar-refractivity contribution is 0.102. The number of H-pyrrole nitrogens is 1. The molecule has 0 aliphatic heterocycles. The van der Waals surface area contributed by atoms with Gasteiger partial charge in [-0.05, 0) is 73.4 Å². The van der Waals surface area contributed by atoms with Crippen molar-refractivity contribution >= 4 is 23.5 Å². The number of hydrogen-bond acceptors (Lipinski definition) is 4. The van der Waals surface area contributed by atoms with Gasteiger partial charge in [0.05, 0.1) is 6.61 Å². The molecule has 3 aromatic carbocycles. The van der Waals surface area contributed by atoms with E-state index in [2.05, 4.69) is 39.6 Å². The Morgan fingerprint density at radius 1 is 0.914 bits per heavy atom. The first-order valence-corrected chi connectivity index (χ1v) is 11.6. The molecule has 0 radical (unpaired) electrons. The largest absolute Gasteiger partial charge is 0.494 e. The minimum Gasteiger partial charge on any atom is -0.494 e. The highest BCUT2D eigenvalue weighted by Gasteiger charge is 2.09. The molecule has 0 saturated heterocycles. The fourth-order valence-electron chi connectivity index (χ4n) is 3.54. The first-order valence-electron chi connectivity index (χ1n) is 11.6. The SMILES string of the molecule is O=C(/C=C/c1ncc[nH]1)c1cccc(NC(=O)c2ccc(OCCCCc3ccccc3)cc2)c1. The lowest BCUT2D eigenvalue weighted by Gasteiger charge is -2.09. The number of nitrogens with zero attached hydrogens (tertiary/aromatic N) is 1. The highest BCUT2D eigenvalue weighted by molar-refractivity contribution is 6.08. The van der Waals surface area contributed by atoms with Gasteiger partial charge in [0.15, 0.2) is 5.78 Å². The van der Waals surface area contributed by atoms with Crippen molar-refractivity contribution in [2.45, 2.75) is 19.3 Å². The maximum absolute atomic E-state index is 12.7. The van der Waals surface area contributed by atoms with Gasteiger partial charge in [-0.25, -0.2) is 4.98 Å². The number of nitrogens with one attached hydrogen (secondary N) is 2. The van der Waals surface area contributed by atoms with Gasteiger partial charge in [-0.3, -0.25) is 9.59 Å². The molecule has 1 heterocycles. The van der Waals surface area contributed by atoms with Crippen molar-refractivity contribution < 1.29 is 14.3 Å². The van der Waals surface area contributed by atoms with E-state index in [0.29, 0.717) is 29.2 Å². The van der Waals surface area contributed by atoms with Crippen LogP contribution >= 0.6 is 0 Å². The highest BCUT2D eigenvalue weighted by Crippen LogP contribution is 2.17. The molecular formula is C29H27N3O3. The lowest BCUT2D eigenvalue weighted by Crippen LogP contribution is -2.12. The molecule has 0 atom stereocenters. The fourth-order valence-corrected chi connectivity index (χ4v) is 3.54. The molecule has 0 unspecified atom stereocenters. The first-order chi connectivity index (χ1) is 17.2. The number of carbonyl (C=O) groups excluding carboxylic acids is 2. The van der Waals surface area contributed by atoms with Crippen molar-refractivity contribution in [2.75, 3.05) is 11.9 Å². The Balaban J connectivity index is 1.25. The second-order valence-electron chi connectivity index (χ2n) is 8.02. The number of aromatic amines is 1. The summed E-state index contributed by atoms with van der Waals surface area (Å²) < 4.78 is 5.81. The molecule has 35 heavy (non-hydrogen) atoms. The van der Waals surface area contributed by atoms with E-state index in [0.717, 1.165) is 25.0 Å². The number of carbonyl (C=O) groups is 2. The predicted molar refractivity (Wildman–Crippen MR) is 138 cm³/mol. The summed E-state index contributed by atoms with van der Waals surface area (Å²) >= 11 is 0. The molecule has 0 fully saturated rings. The summed E-state index contributed by atoms with van der Waals surface area (Å²) in [5.41, 5.74) is 2.87. The standard InChI is InChI=1S/C29H27N3O3/c33-27(16-17-28-30-18-19-31-28)24-10-6-11-25(21-24)32-29(34)23-12-14-26(15-13-23)35-20-5-4-9-22-7-2-1-3-8-22/h1-3,6-8,10-19,21H,4-5,9,20H2,(H,30,31)(H,32,34)/b17-16+. The molecule has 1 aromatic heterocycles. The van der Waals surface area contributed by atoms with Crippen molar-refractivity contribution in [3.63, 3.8) is 0 Å². The topological polar surface area (TPSA) is 84.1 Å². The maximum atomic E-state index is 12.7. The van der Waals surface area contributed by atoms with Crippen LogP contribution in [0.1, 0.15) is 44.9 Å². The van der Waals surface area contributed by atoms with Crippen LogP contribution in [0.5, 0.6) is 5.75 Å². The number of imidazole rings is 1. The van der Waals surface area contributed by atoms with Gasteiger partial charge < -0.3 is 15.0 Å². The zero-order chi connectivity index (χ0) is 24.3. The molecule has 0 saturated carbocycles. The summed E-state index contributed by atoms with van der Waals surface area (Å²) in [6, 6.07) is 24.3. The summed E-state index contributed by atoms with van der Waals surface area (Å²) in [5, 5.41) is 2.84. The van der Waals surface area contributed by atoms with Gasteiger partial charge in [-0.1, -0.05) is 42.5 Å². The van der Waals surface area contributed by atoms with E-state index < -0.39 is 0 Å². The maximum Gasteiger partial charge on any atom is 0.255 e. The van der Waals surface area contributed by atoms with Crippen LogP contribution in [0.4, 0.5) is 5.69 Å². The van der Waals surface area contributed by atoms with Crippen LogP contribution in [0, 0.1) is 0 Å². The van der Waals surface area contributed by atoms with Gasteiger partial charge in [0.2, 0.25) is 0 Å². The Kier molecular flexibility index (Phi) is 8.22. The number of aryl methyl sites for hydroxylation is 1. The number of hydrogen-bond donors (Lipinski definition) is 2. The van der Waals surface area contributed by atoms with Gasteiger partial charge in [0, 0.05) is 29.2 Å². The van der Waals surface area contributed by atoms with E-state index in [4.69, 9.17) is 4.74 Å². The van der Waals surface area contributed by atoms with Gasteiger partial charge in [-0.2, -0.15) is 0 Å². The minimum atomic E-state index is -0.255. The van der Waals surface area contributed by atoms with Gasteiger partial charge >= 0.3 is 0 Å². The predicted octanol–water partition coefficient (Wildman–Crippen LogP) is 5.96. The van der Waals surface area contributed by atoms with Crippen LogP contribution in [-0.4, -0.2) is 28.3 Å². The van der Waals surface area contributed by atoms with Crippen LogP contribution < -0.4 is 10.1 Å². The molecular weight excluding hydrogens is 438 g/mol. The van der Waals surface area contributed by atoms with E-state index in [9.17, 15) is 9.59 Å². The summed E-state index contributed by atoms with van der Waals surface area (Å²) in [6.45, 7) is 0.633. The molecule has 4 rings (SSSR count). The Labute approximate surface area is 204 Å². The van der Waals surface area contributed by atoms with Gasteiger partial charge in [0.1, 0.15) is 11.6 Å². The Morgan fingerprint density at radius 3 is 2.51 bits per heavy atom. The normalized spacial score (nSPS) is 10.9. The summed E-state index contributed by atoms with van der Waals surface area (Å²) in [5.74, 6) is 0.900. The molecule has 0 bridgehead atoms. The molecule has 0 aliphatic carbocycles. The zero-order valence-corrected chi connectivity index (χ0v) is 19.3. The molecule has 6 nitrogen and oxygen atoms in total. The minimum absolute atomic E-state index is 0.178. The molecule has 4 aromatic rings. The Bertz CT molecular complexity index is 1260. The Morgan fingerprint density at radius 2 is 1.74 bits per heavy atom. The van der Waals surface area contributed by atoms with Crippen LogP contribution in [-0.2, 0) is 6.42 Å². The van der Waals surface area contributed by atoms with E-state index in [1.807, 2.05) is 6.07 Å².